The molecule has 2 rings (SSSR count). The second-order valence-corrected chi connectivity index (χ2v) is 4.67. The van der Waals surface area contributed by atoms with Crippen molar-refractivity contribution in [3.63, 3.8) is 0 Å². The summed E-state index contributed by atoms with van der Waals surface area (Å²) in [5.74, 6) is 0.561. The van der Waals surface area contributed by atoms with Gasteiger partial charge in [0.25, 0.3) is 0 Å². The molecular formula is C15H17ClN2O. The highest BCUT2D eigenvalue weighted by molar-refractivity contribution is 6.32. The van der Waals surface area contributed by atoms with Crippen LogP contribution in [0, 0.1) is 0 Å². The molecule has 0 atom stereocenters. The lowest BCUT2D eigenvalue weighted by Crippen LogP contribution is -2.23. The predicted octanol–water partition coefficient (Wildman–Crippen LogP) is 3.44. The van der Waals surface area contributed by atoms with E-state index in [-0.39, 0.29) is 0 Å². The van der Waals surface area contributed by atoms with E-state index < -0.39 is 0 Å². The van der Waals surface area contributed by atoms with E-state index in [1.165, 1.54) is 0 Å². The van der Waals surface area contributed by atoms with Gasteiger partial charge in [0.15, 0.2) is 5.75 Å². The first-order valence-electron chi connectivity index (χ1n) is 6.11. The van der Waals surface area contributed by atoms with Crippen LogP contribution in [0.25, 0.3) is 0 Å². The number of nitrogens with two attached hydrogens (primary N) is 1. The number of hydrogen-bond donors (Lipinski definition) is 1. The van der Waals surface area contributed by atoms with Gasteiger partial charge >= 0.3 is 0 Å². The number of anilines is 2. The van der Waals surface area contributed by atoms with E-state index in [1.807, 2.05) is 25.2 Å². The first-order valence-corrected chi connectivity index (χ1v) is 6.49. The van der Waals surface area contributed by atoms with Crippen LogP contribution in [0.1, 0.15) is 0 Å². The van der Waals surface area contributed by atoms with Crippen LogP contribution in [0.4, 0.5) is 11.4 Å². The molecular weight excluding hydrogens is 260 g/mol. The van der Waals surface area contributed by atoms with Crippen LogP contribution in [-0.2, 0) is 0 Å². The molecule has 0 aromatic heterocycles. The normalized spacial score (nSPS) is 10.2. The van der Waals surface area contributed by atoms with Gasteiger partial charge in [-0.2, -0.15) is 0 Å². The van der Waals surface area contributed by atoms with Crippen molar-refractivity contribution in [2.45, 2.75) is 0 Å². The molecule has 0 amide bonds. The molecule has 0 aliphatic rings. The quantitative estimate of drug-likeness (QED) is 0.850. The lowest BCUT2D eigenvalue weighted by molar-refractivity contribution is 0.328. The lowest BCUT2D eigenvalue weighted by atomic mass is 10.3. The van der Waals surface area contributed by atoms with Crippen molar-refractivity contribution in [1.29, 1.82) is 0 Å². The molecule has 0 saturated carbocycles. The van der Waals surface area contributed by atoms with E-state index in [2.05, 4.69) is 17.0 Å². The summed E-state index contributed by atoms with van der Waals surface area (Å²) >= 11 is 6.04. The van der Waals surface area contributed by atoms with Crippen LogP contribution >= 0.6 is 11.6 Å². The number of nitrogens with zero attached hydrogens (tertiary/aromatic N) is 1. The minimum atomic E-state index is 0.527. The first-order chi connectivity index (χ1) is 9.18. The number of likely N-dealkylation sites (N-methyl/N-ethyl adjacent to an activating group) is 1. The van der Waals surface area contributed by atoms with Crippen molar-refractivity contribution < 1.29 is 4.74 Å². The molecule has 2 aromatic carbocycles. The molecule has 0 bridgehead atoms. The van der Waals surface area contributed by atoms with Crippen molar-refractivity contribution in [3.8, 4) is 5.75 Å². The number of hydrogen-bond acceptors (Lipinski definition) is 3. The second-order valence-electron chi connectivity index (χ2n) is 4.26. The van der Waals surface area contributed by atoms with Gasteiger partial charge in [0.05, 0.1) is 17.3 Å². The molecule has 19 heavy (non-hydrogen) atoms. The van der Waals surface area contributed by atoms with Crippen molar-refractivity contribution in [1.82, 2.24) is 0 Å². The summed E-state index contributed by atoms with van der Waals surface area (Å²) in [4.78, 5) is 2.12. The standard InChI is InChI=1S/C15H17ClN2O/c1-18(12-6-3-2-4-7-12)10-11-19-15-13(16)8-5-9-14(15)17/h2-9H,10-11,17H2,1H3. The number of halogens is 1. The van der Waals surface area contributed by atoms with E-state index in [0.29, 0.717) is 23.1 Å². The topological polar surface area (TPSA) is 38.5 Å². The van der Waals surface area contributed by atoms with Gasteiger partial charge in [0.1, 0.15) is 6.61 Å². The number of rotatable bonds is 5. The molecule has 2 N–H and O–H groups in total. The van der Waals surface area contributed by atoms with Gasteiger partial charge in [-0.15, -0.1) is 0 Å². The van der Waals surface area contributed by atoms with E-state index in [0.717, 1.165) is 12.2 Å². The van der Waals surface area contributed by atoms with Crippen LogP contribution in [0.3, 0.4) is 0 Å². The van der Waals surface area contributed by atoms with Crippen LogP contribution in [0.5, 0.6) is 5.75 Å². The molecule has 0 fully saturated rings. The average molecular weight is 277 g/mol. The highest BCUT2D eigenvalue weighted by atomic mass is 35.5. The smallest absolute Gasteiger partial charge is 0.160 e. The van der Waals surface area contributed by atoms with Crippen molar-refractivity contribution in [2.75, 3.05) is 30.8 Å². The van der Waals surface area contributed by atoms with Gasteiger partial charge in [-0.25, -0.2) is 0 Å². The SMILES string of the molecule is CN(CCOc1c(N)cccc1Cl)c1ccccc1. The van der Waals surface area contributed by atoms with E-state index in [1.54, 1.807) is 18.2 Å². The molecule has 0 saturated heterocycles. The summed E-state index contributed by atoms with van der Waals surface area (Å²) in [5, 5.41) is 0.544. The zero-order valence-corrected chi connectivity index (χ0v) is 11.6. The number of nitrogen functional groups attached to an aromatic ring is 1. The van der Waals surface area contributed by atoms with Crippen molar-refractivity contribution >= 4 is 23.0 Å². The third kappa shape index (κ3) is 3.55. The maximum atomic E-state index is 6.04. The van der Waals surface area contributed by atoms with Gasteiger partial charge in [0, 0.05) is 12.7 Å². The molecule has 0 heterocycles. The Hall–Kier alpha value is -1.87. The average Bonchev–Trinajstić information content (AvgIpc) is 2.43. The van der Waals surface area contributed by atoms with Gasteiger partial charge < -0.3 is 15.4 Å². The molecule has 0 spiro atoms. The Morgan fingerprint density at radius 2 is 1.84 bits per heavy atom. The van der Waals surface area contributed by atoms with Crippen LogP contribution in [-0.4, -0.2) is 20.2 Å². The minimum absolute atomic E-state index is 0.527. The minimum Gasteiger partial charge on any atom is -0.488 e. The van der Waals surface area contributed by atoms with Gasteiger partial charge in [0.2, 0.25) is 0 Å². The van der Waals surface area contributed by atoms with Crippen LogP contribution in [0.2, 0.25) is 5.02 Å². The van der Waals surface area contributed by atoms with Crippen LogP contribution < -0.4 is 15.4 Å². The Morgan fingerprint density at radius 3 is 2.53 bits per heavy atom. The predicted molar refractivity (Wildman–Crippen MR) is 81.1 cm³/mol. The molecule has 100 valence electrons. The fourth-order valence-electron chi connectivity index (χ4n) is 1.77. The molecule has 3 nitrogen and oxygen atoms in total. The molecule has 4 heteroatoms. The maximum Gasteiger partial charge on any atom is 0.160 e. The summed E-state index contributed by atoms with van der Waals surface area (Å²) in [5.41, 5.74) is 7.54. The summed E-state index contributed by atoms with van der Waals surface area (Å²) in [6.45, 7) is 1.29. The Labute approximate surface area is 118 Å². The second kappa shape index (κ2) is 6.34. The van der Waals surface area contributed by atoms with Crippen molar-refractivity contribution in [3.05, 3.63) is 53.6 Å². The van der Waals surface area contributed by atoms with Gasteiger partial charge in [-0.1, -0.05) is 35.9 Å². The maximum absolute atomic E-state index is 6.04. The molecule has 0 radical (unpaired) electrons. The number of benzene rings is 2. The first kappa shape index (κ1) is 13.6. The van der Waals surface area contributed by atoms with E-state index in [9.17, 15) is 0 Å². The summed E-state index contributed by atoms with van der Waals surface area (Å²) < 4.78 is 5.66. The van der Waals surface area contributed by atoms with Crippen molar-refractivity contribution in [2.24, 2.45) is 0 Å². The third-order valence-corrected chi connectivity index (χ3v) is 3.17. The highest BCUT2D eigenvalue weighted by Crippen LogP contribution is 2.30. The molecule has 2 aromatic rings. The van der Waals surface area contributed by atoms with E-state index >= 15 is 0 Å². The summed E-state index contributed by atoms with van der Waals surface area (Å²) in [6.07, 6.45) is 0. The zero-order valence-electron chi connectivity index (χ0n) is 10.8. The Balaban J connectivity index is 1.90. The fraction of sp³-hybridized carbons (Fsp3) is 0.200. The fourth-order valence-corrected chi connectivity index (χ4v) is 2.01. The largest absolute Gasteiger partial charge is 0.488 e. The zero-order chi connectivity index (χ0) is 13.7. The highest BCUT2D eigenvalue weighted by Gasteiger charge is 2.06. The Bertz CT molecular complexity index is 511. The number of ether oxygens (including phenoxy) is 1. The van der Waals surface area contributed by atoms with E-state index in [4.69, 9.17) is 22.1 Å². The number of para-hydroxylation sites is 2. The lowest BCUT2D eigenvalue weighted by Gasteiger charge is -2.20. The summed E-state index contributed by atoms with van der Waals surface area (Å²) in [6, 6.07) is 15.5. The van der Waals surface area contributed by atoms with Crippen LogP contribution in [0.15, 0.2) is 48.5 Å². The van der Waals surface area contributed by atoms with Gasteiger partial charge in [-0.05, 0) is 24.3 Å². The Kier molecular flexibility index (Phi) is 4.53. The monoisotopic (exact) mass is 276 g/mol. The summed E-state index contributed by atoms with van der Waals surface area (Å²) in [7, 11) is 2.02. The molecule has 0 unspecified atom stereocenters. The third-order valence-electron chi connectivity index (χ3n) is 2.87. The molecule has 0 aliphatic heterocycles. The Morgan fingerprint density at radius 1 is 1.11 bits per heavy atom. The molecule has 0 aliphatic carbocycles. The van der Waals surface area contributed by atoms with Gasteiger partial charge in [-0.3, -0.25) is 0 Å².